The number of amides is 1. The van der Waals surface area contributed by atoms with Crippen LogP contribution in [0.2, 0.25) is 0 Å². The molecule has 0 aliphatic carbocycles. The zero-order chi connectivity index (χ0) is 15.4. The number of nitrogens with zero attached hydrogens (tertiary/aromatic N) is 2. The summed E-state index contributed by atoms with van der Waals surface area (Å²) < 4.78 is 26.0. The lowest BCUT2D eigenvalue weighted by Gasteiger charge is -2.35. The van der Waals surface area contributed by atoms with Crippen LogP contribution in [0.4, 0.5) is 8.78 Å². The summed E-state index contributed by atoms with van der Waals surface area (Å²) in [5.74, 6) is -2.25. The first-order chi connectivity index (χ1) is 10.0. The molecule has 1 atom stereocenters. The van der Waals surface area contributed by atoms with Crippen molar-refractivity contribution in [3.8, 4) is 0 Å². The van der Waals surface area contributed by atoms with Crippen LogP contribution in [-0.2, 0) is 0 Å². The molecule has 1 aliphatic rings. The van der Waals surface area contributed by atoms with E-state index in [0.29, 0.717) is 39.1 Å². The summed E-state index contributed by atoms with van der Waals surface area (Å²) in [5.41, 5.74) is 0.163. The Kier molecular flexibility index (Phi) is 5.25. The van der Waals surface area contributed by atoms with E-state index in [-0.39, 0.29) is 17.6 Å². The Hall–Kier alpha value is -1.53. The van der Waals surface area contributed by atoms with Crippen molar-refractivity contribution in [3.05, 3.63) is 35.4 Å². The van der Waals surface area contributed by atoms with E-state index >= 15 is 0 Å². The minimum atomic E-state index is -1.01. The molecule has 1 aromatic rings. The third-order valence-electron chi connectivity index (χ3n) is 3.77. The summed E-state index contributed by atoms with van der Waals surface area (Å²) in [4.78, 5) is 15.9. The van der Waals surface area contributed by atoms with E-state index in [4.69, 9.17) is 0 Å². The molecule has 0 saturated carbocycles. The fraction of sp³-hybridized carbons (Fsp3) is 0.533. The second kappa shape index (κ2) is 6.95. The fourth-order valence-corrected chi connectivity index (χ4v) is 2.37. The van der Waals surface area contributed by atoms with E-state index in [1.807, 2.05) is 6.92 Å². The molecular weight excluding hydrogens is 278 g/mol. The van der Waals surface area contributed by atoms with Gasteiger partial charge in [0.05, 0.1) is 6.10 Å². The molecule has 1 amide bonds. The van der Waals surface area contributed by atoms with Crippen LogP contribution in [0.25, 0.3) is 0 Å². The van der Waals surface area contributed by atoms with Crippen molar-refractivity contribution < 1.29 is 18.7 Å². The lowest BCUT2D eigenvalue weighted by molar-refractivity contribution is 0.0523. The monoisotopic (exact) mass is 298 g/mol. The molecule has 1 aromatic carbocycles. The quantitative estimate of drug-likeness (QED) is 0.916. The third kappa shape index (κ3) is 3.98. The van der Waals surface area contributed by atoms with Gasteiger partial charge in [0.2, 0.25) is 0 Å². The van der Waals surface area contributed by atoms with Crippen molar-refractivity contribution in [2.45, 2.75) is 19.4 Å². The van der Waals surface area contributed by atoms with Crippen LogP contribution in [-0.4, -0.2) is 59.6 Å². The lowest BCUT2D eigenvalue weighted by atomic mass is 10.1. The molecule has 1 N–H and O–H groups in total. The number of piperazine rings is 1. The highest BCUT2D eigenvalue weighted by Gasteiger charge is 2.23. The number of hydrogen-bond acceptors (Lipinski definition) is 3. The normalized spacial score (nSPS) is 17.8. The van der Waals surface area contributed by atoms with Crippen molar-refractivity contribution in [2.24, 2.45) is 0 Å². The number of halogens is 2. The number of β-amino-alcohol motifs (C(OH)–C–C–N with tert-alkyl or cyclic N) is 1. The van der Waals surface area contributed by atoms with Gasteiger partial charge in [-0.15, -0.1) is 0 Å². The molecule has 6 heteroatoms. The molecule has 0 spiro atoms. The van der Waals surface area contributed by atoms with Crippen molar-refractivity contribution in [1.29, 1.82) is 0 Å². The van der Waals surface area contributed by atoms with Gasteiger partial charge in [-0.05, 0) is 24.6 Å². The Bertz CT molecular complexity index is 502. The second-order valence-corrected chi connectivity index (χ2v) is 5.28. The molecule has 1 saturated heterocycles. The van der Waals surface area contributed by atoms with E-state index in [2.05, 4.69) is 4.90 Å². The Labute approximate surface area is 123 Å². The fourth-order valence-electron chi connectivity index (χ4n) is 2.37. The van der Waals surface area contributed by atoms with Gasteiger partial charge in [0.25, 0.3) is 5.91 Å². The van der Waals surface area contributed by atoms with Crippen molar-refractivity contribution in [3.63, 3.8) is 0 Å². The van der Waals surface area contributed by atoms with Crippen molar-refractivity contribution in [1.82, 2.24) is 9.80 Å². The van der Waals surface area contributed by atoms with Gasteiger partial charge < -0.3 is 10.0 Å². The Morgan fingerprint density at radius 2 is 1.90 bits per heavy atom. The van der Waals surface area contributed by atoms with Gasteiger partial charge in [0, 0.05) is 38.3 Å². The Balaban J connectivity index is 1.92. The molecule has 2 rings (SSSR count). The first-order valence-corrected chi connectivity index (χ1v) is 7.16. The molecule has 1 heterocycles. The van der Waals surface area contributed by atoms with Gasteiger partial charge in [0.15, 0.2) is 11.6 Å². The van der Waals surface area contributed by atoms with Gasteiger partial charge in [-0.1, -0.05) is 6.92 Å². The minimum Gasteiger partial charge on any atom is -0.392 e. The third-order valence-corrected chi connectivity index (χ3v) is 3.77. The number of carbonyl (C=O) groups excluding carboxylic acids is 1. The largest absolute Gasteiger partial charge is 0.392 e. The molecule has 21 heavy (non-hydrogen) atoms. The number of benzene rings is 1. The summed E-state index contributed by atoms with van der Waals surface area (Å²) in [6.45, 7) is 4.92. The molecule has 1 fully saturated rings. The van der Waals surface area contributed by atoms with Gasteiger partial charge in [-0.2, -0.15) is 0 Å². The van der Waals surface area contributed by atoms with E-state index in [1.165, 1.54) is 6.07 Å². The van der Waals surface area contributed by atoms with Gasteiger partial charge in [-0.3, -0.25) is 9.69 Å². The average molecular weight is 298 g/mol. The topological polar surface area (TPSA) is 43.8 Å². The predicted molar refractivity (Wildman–Crippen MR) is 75.0 cm³/mol. The molecule has 116 valence electrons. The smallest absolute Gasteiger partial charge is 0.254 e. The summed E-state index contributed by atoms with van der Waals surface area (Å²) >= 11 is 0. The molecule has 1 aliphatic heterocycles. The Morgan fingerprint density at radius 3 is 2.48 bits per heavy atom. The first-order valence-electron chi connectivity index (χ1n) is 7.16. The molecule has 0 aromatic heterocycles. The zero-order valence-corrected chi connectivity index (χ0v) is 12.1. The van der Waals surface area contributed by atoms with Crippen LogP contribution >= 0.6 is 0 Å². The molecular formula is C15H20F2N2O2. The lowest BCUT2D eigenvalue weighted by Crippen LogP contribution is -2.50. The number of aliphatic hydroxyl groups is 1. The van der Waals surface area contributed by atoms with E-state index in [9.17, 15) is 18.7 Å². The highest BCUT2D eigenvalue weighted by atomic mass is 19.2. The van der Waals surface area contributed by atoms with Gasteiger partial charge >= 0.3 is 0 Å². The number of rotatable bonds is 4. The summed E-state index contributed by atoms with van der Waals surface area (Å²) in [7, 11) is 0. The number of carbonyl (C=O) groups is 1. The maximum absolute atomic E-state index is 13.2. The molecule has 0 radical (unpaired) electrons. The Morgan fingerprint density at radius 1 is 1.24 bits per heavy atom. The van der Waals surface area contributed by atoms with Crippen LogP contribution in [0, 0.1) is 11.6 Å². The van der Waals surface area contributed by atoms with Gasteiger partial charge in [-0.25, -0.2) is 8.78 Å². The van der Waals surface area contributed by atoms with Crippen LogP contribution < -0.4 is 0 Å². The molecule has 4 nitrogen and oxygen atoms in total. The van der Waals surface area contributed by atoms with Crippen LogP contribution in [0.5, 0.6) is 0 Å². The summed E-state index contributed by atoms with van der Waals surface area (Å²) in [5, 5.41) is 9.62. The van der Waals surface area contributed by atoms with Crippen LogP contribution in [0.15, 0.2) is 18.2 Å². The second-order valence-electron chi connectivity index (χ2n) is 5.28. The van der Waals surface area contributed by atoms with E-state index in [1.54, 1.807) is 4.90 Å². The highest BCUT2D eigenvalue weighted by molar-refractivity contribution is 5.94. The zero-order valence-electron chi connectivity index (χ0n) is 12.1. The predicted octanol–water partition coefficient (Wildman–Crippen LogP) is 1.49. The first kappa shape index (κ1) is 15.9. The maximum atomic E-state index is 13.2. The van der Waals surface area contributed by atoms with E-state index in [0.717, 1.165) is 12.1 Å². The average Bonchev–Trinajstić information content (AvgIpc) is 2.50. The standard InChI is InChI=1S/C15H20F2N2O2/c1-2-12(20)10-18-5-7-19(8-6-18)15(21)11-3-4-13(16)14(17)9-11/h3-4,9,12,20H,2,5-8,10H2,1H3/t12-/m1/s1. The van der Waals surface area contributed by atoms with E-state index < -0.39 is 11.6 Å². The minimum absolute atomic E-state index is 0.163. The number of hydrogen-bond donors (Lipinski definition) is 1. The maximum Gasteiger partial charge on any atom is 0.254 e. The molecule has 0 unspecified atom stereocenters. The van der Waals surface area contributed by atoms with Gasteiger partial charge in [0.1, 0.15) is 0 Å². The van der Waals surface area contributed by atoms with Crippen LogP contribution in [0.3, 0.4) is 0 Å². The summed E-state index contributed by atoms with van der Waals surface area (Å²) in [6.07, 6.45) is 0.354. The molecule has 0 bridgehead atoms. The van der Waals surface area contributed by atoms with Crippen molar-refractivity contribution in [2.75, 3.05) is 32.7 Å². The SMILES string of the molecule is CC[C@@H](O)CN1CCN(C(=O)c2ccc(F)c(F)c2)CC1. The highest BCUT2D eigenvalue weighted by Crippen LogP contribution is 2.13. The van der Waals surface area contributed by atoms with Crippen LogP contribution in [0.1, 0.15) is 23.7 Å². The number of aliphatic hydroxyl groups excluding tert-OH is 1. The van der Waals surface area contributed by atoms with Crippen molar-refractivity contribution >= 4 is 5.91 Å². The summed E-state index contributed by atoms with van der Waals surface area (Å²) in [6, 6.07) is 3.20.